The summed E-state index contributed by atoms with van der Waals surface area (Å²) in [5, 5.41) is 16.1. The molecule has 33 heavy (non-hydrogen) atoms. The minimum absolute atomic E-state index is 0.0614. The molecule has 1 unspecified atom stereocenters. The van der Waals surface area contributed by atoms with Crippen LogP contribution in [0.3, 0.4) is 0 Å². The number of aromatic nitrogens is 2. The van der Waals surface area contributed by atoms with Crippen molar-refractivity contribution in [3.05, 3.63) is 88.2 Å². The molecule has 5 rings (SSSR count). The molecule has 1 atom stereocenters. The molecule has 0 amide bonds. The third-order valence-corrected chi connectivity index (χ3v) is 6.23. The van der Waals surface area contributed by atoms with Crippen molar-refractivity contribution in [3.8, 4) is 5.88 Å². The third kappa shape index (κ3) is 4.41. The second kappa shape index (κ2) is 9.19. The van der Waals surface area contributed by atoms with Crippen LogP contribution in [0.4, 0.5) is 5.69 Å². The van der Waals surface area contributed by atoms with Crippen LogP contribution in [-0.4, -0.2) is 33.1 Å². The first-order valence-electron chi connectivity index (χ1n) is 10.9. The molecule has 0 radical (unpaired) electrons. The zero-order valence-corrected chi connectivity index (χ0v) is 19.7. The molecule has 0 saturated carbocycles. The number of H-pyrrole nitrogens is 1. The Morgan fingerprint density at radius 2 is 1.97 bits per heavy atom. The van der Waals surface area contributed by atoms with Gasteiger partial charge in [-0.15, -0.1) is 0 Å². The molecule has 4 aromatic rings. The van der Waals surface area contributed by atoms with Gasteiger partial charge in [0.2, 0.25) is 0 Å². The van der Waals surface area contributed by atoms with E-state index in [9.17, 15) is 5.11 Å². The predicted octanol–water partition coefficient (Wildman–Crippen LogP) is 6.16. The number of nitrogens with zero attached hydrogens (tertiary/aromatic N) is 3. The van der Waals surface area contributed by atoms with Gasteiger partial charge >= 0.3 is 0 Å². The Labute approximate surface area is 200 Å². The summed E-state index contributed by atoms with van der Waals surface area (Å²) in [7, 11) is 0. The SMILES string of the molecule is CC(CCO/N=C1/C(c2c(O)[nH]c3ccc(Br)cc23)=Nc2ccccc21)Cc1ccccn1. The lowest BCUT2D eigenvalue weighted by Crippen LogP contribution is -2.14. The molecule has 0 fully saturated rings. The second-order valence-corrected chi connectivity index (χ2v) is 9.12. The first-order chi connectivity index (χ1) is 16.1. The minimum Gasteiger partial charge on any atom is -0.494 e. The topological polar surface area (TPSA) is 82.9 Å². The van der Waals surface area contributed by atoms with Crippen molar-refractivity contribution >= 4 is 43.9 Å². The largest absolute Gasteiger partial charge is 0.494 e. The van der Waals surface area contributed by atoms with Gasteiger partial charge in [-0.1, -0.05) is 52.3 Å². The van der Waals surface area contributed by atoms with Gasteiger partial charge in [-0.2, -0.15) is 0 Å². The summed E-state index contributed by atoms with van der Waals surface area (Å²) >= 11 is 3.52. The molecular formula is C26H23BrN4O2. The first-order valence-corrected chi connectivity index (χ1v) is 11.7. The molecule has 166 valence electrons. The van der Waals surface area contributed by atoms with Gasteiger partial charge < -0.3 is 14.9 Å². The maximum absolute atomic E-state index is 10.7. The van der Waals surface area contributed by atoms with E-state index in [1.165, 1.54) is 0 Å². The van der Waals surface area contributed by atoms with Crippen molar-refractivity contribution in [2.45, 2.75) is 19.8 Å². The van der Waals surface area contributed by atoms with Crippen molar-refractivity contribution in [2.24, 2.45) is 16.1 Å². The minimum atomic E-state index is 0.0614. The number of aromatic hydroxyl groups is 1. The summed E-state index contributed by atoms with van der Waals surface area (Å²) in [4.78, 5) is 18.0. The van der Waals surface area contributed by atoms with Gasteiger partial charge in [-0.25, -0.2) is 4.99 Å². The van der Waals surface area contributed by atoms with Crippen LogP contribution in [0.25, 0.3) is 10.9 Å². The monoisotopic (exact) mass is 502 g/mol. The molecule has 1 aliphatic rings. The number of fused-ring (bicyclic) bond motifs is 2. The van der Waals surface area contributed by atoms with Crippen molar-refractivity contribution in [3.63, 3.8) is 0 Å². The molecule has 0 spiro atoms. The highest BCUT2D eigenvalue weighted by atomic mass is 79.9. The van der Waals surface area contributed by atoms with Crippen molar-refractivity contribution in [1.29, 1.82) is 0 Å². The van der Waals surface area contributed by atoms with Gasteiger partial charge in [0.05, 0.1) is 11.3 Å². The lowest BCUT2D eigenvalue weighted by atomic mass is 10.0. The molecule has 2 aromatic carbocycles. The maximum atomic E-state index is 10.7. The Bertz CT molecular complexity index is 1360. The summed E-state index contributed by atoms with van der Waals surface area (Å²) < 4.78 is 0.919. The number of hydrogen-bond donors (Lipinski definition) is 2. The zero-order valence-electron chi connectivity index (χ0n) is 18.1. The van der Waals surface area contributed by atoms with Crippen LogP contribution in [0, 0.1) is 5.92 Å². The molecule has 7 heteroatoms. The van der Waals surface area contributed by atoms with Crippen LogP contribution in [0.15, 0.2) is 81.5 Å². The van der Waals surface area contributed by atoms with Gasteiger partial charge in [-0.3, -0.25) is 4.98 Å². The highest BCUT2D eigenvalue weighted by molar-refractivity contribution is 9.10. The summed E-state index contributed by atoms with van der Waals surface area (Å²) in [6.45, 7) is 2.67. The summed E-state index contributed by atoms with van der Waals surface area (Å²) in [5.41, 5.74) is 5.44. The summed E-state index contributed by atoms with van der Waals surface area (Å²) in [5.74, 6) is 0.477. The lowest BCUT2D eigenvalue weighted by Gasteiger charge is -2.10. The molecule has 0 aliphatic carbocycles. The Kier molecular flexibility index (Phi) is 5.96. The number of halogens is 1. The van der Waals surface area contributed by atoms with E-state index >= 15 is 0 Å². The lowest BCUT2D eigenvalue weighted by molar-refractivity contribution is 0.131. The van der Waals surface area contributed by atoms with Gasteiger partial charge in [0.15, 0.2) is 5.88 Å². The van der Waals surface area contributed by atoms with Gasteiger partial charge in [0, 0.05) is 32.8 Å². The van der Waals surface area contributed by atoms with Gasteiger partial charge in [0.1, 0.15) is 18.0 Å². The van der Waals surface area contributed by atoms with E-state index in [0.717, 1.165) is 45.2 Å². The normalized spacial score (nSPS) is 15.0. The molecule has 3 heterocycles. The first kappa shape index (κ1) is 21.4. The second-order valence-electron chi connectivity index (χ2n) is 8.21. The number of oxime groups is 1. The van der Waals surface area contributed by atoms with E-state index in [1.807, 2.05) is 66.9 Å². The number of rotatable bonds is 7. The van der Waals surface area contributed by atoms with E-state index in [-0.39, 0.29) is 5.88 Å². The highest BCUT2D eigenvalue weighted by Crippen LogP contribution is 2.36. The molecule has 1 aliphatic heterocycles. The predicted molar refractivity (Wildman–Crippen MR) is 135 cm³/mol. The number of aromatic amines is 1. The standard InChI is InChI=1S/C26H23BrN4O2/c1-16(14-18-6-4-5-12-28-18)11-13-33-31-24-19-7-2-3-8-21(19)29-25(24)23-20-15-17(27)9-10-22(20)30-26(23)32/h2-10,12,15-16,30,32H,11,13-14H2,1H3/b31-24+. The Balaban J connectivity index is 1.39. The number of para-hydroxylation sites is 1. The van der Waals surface area contributed by atoms with Crippen LogP contribution >= 0.6 is 15.9 Å². The average molecular weight is 503 g/mol. The van der Waals surface area contributed by atoms with E-state index in [2.05, 4.69) is 38.0 Å². The quantitative estimate of drug-likeness (QED) is 0.234. The van der Waals surface area contributed by atoms with Crippen molar-refractivity contribution < 1.29 is 9.94 Å². The number of pyridine rings is 1. The highest BCUT2D eigenvalue weighted by Gasteiger charge is 2.29. The zero-order chi connectivity index (χ0) is 22.8. The molecule has 0 saturated heterocycles. The van der Waals surface area contributed by atoms with Gasteiger partial charge in [0.25, 0.3) is 0 Å². The summed E-state index contributed by atoms with van der Waals surface area (Å²) in [6, 6.07) is 19.6. The molecular weight excluding hydrogens is 480 g/mol. The van der Waals surface area contributed by atoms with Crippen LogP contribution < -0.4 is 0 Å². The molecule has 6 nitrogen and oxygen atoms in total. The van der Waals surface area contributed by atoms with Gasteiger partial charge in [-0.05, 0) is 55.2 Å². The Hall–Kier alpha value is -3.45. The Morgan fingerprint density at radius 3 is 2.82 bits per heavy atom. The van der Waals surface area contributed by atoms with Crippen molar-refractivity contribution in [1.82, 2.24) is 9.97 Å². The van der Waals surface area contributed by atoms with Crippen LogP contribution in [0.5, 0.6) is 5.88 Å². The molecule has 0 bridgehead atoms. The fourth-order valence-electron chi connectivity index (χ4n) is 4.07. The number of aliphatic imine (C=N–C) groups is 1. The summed E-state index contributed by atoms with van der Waals surface area (Å²) in [6.07, 6.45) is 3.57. The van der Waals surface area contributed by atoms with E-state index in [1.54, 1.807) is 0 Å². The smallest absolute Gasteiger partial charge is 0.199 e. The fraction of sp³-hybridized carbons (Fsp3) is 0.192. The number of benzene rings is 2. The Morgan fingerprint density at radius 1 is 1.12 bits per heavy atom. The maximum Gasteiger partial charge on any atom is 0.199 e. The van der Waals surface area contributed by atoms with E-state index in [4.69, 9.17) is 9.83 Å². The van der Waals surface area contributed by atoms with Crippen LogP contribution in [0.2, 0.25) is 0 Å². The van der Waals surface area contributed by atoms with E-state index in [0.29, 0.717) is 29.5 Å². The molecule has 2 N–H and O–H groups in total. The van der Waals surface area contributed by atoms with E-state index < -0.39 is 0 Å². The van der Waals surface area contributed by atoms with Crippen LogP contribution in [0.1, 0.15) is 30.2 Å². The molecule has 2 aromatic heterocycles. The number of nitrogens with one attached hydrogen (secondary N) is 1. The average Bonchev–Trinajstić information content (AvgIpc) is 3.33. The fourth-order valence-corrected chi connectivity index (χ4v) is 4.43. The third-order valence-electron chi connectivity index (χ3n) is 5.73. The van der Waals surface area contributed by atoms with Crippen LogP contribution in [-0.2, 0) is 11.3 Å². The number of hydrogen-bond acceptors (Lipinski definition) is 5. The van der Waals surface area contributed by atoms with Crippen molar-refractivity contribution in [2.75, 3.05) is 6.61 Å².